The summed E-state index contributed by atoms with van der Waals surface area (Å²) in [5.41, 5.74) is 12.4. The van der Waals surface area contributed by atoms with E-state index in [0.717, 1.165) is 0 Å². The van der Waals surface area contributed by atoms with E-state index in [2.05, 4.69) is 181 Å². The molecule has 0 aromatic heterocycles. The Hall–Kier alpha value is -5.31. The van der Waals surface area contributed by atoms with Gasteiger partial charge in [-0.3, -0.25) is 0 Å². The average Bonchev–Trinajstić information content (AvgIpc) is 3.13. The predicted molar refractivity (Wildman–Crippen MR) is 200 cm³/mol. The van der Waals surface area contributed by atoms with Crippen molar-refractivity contribution in [3.8, 4) is 0 Å². The summed E-state index contributed by atoms with van der Waals surface area (Å²) in [6, 6.07) is 66.6. The number of hydrogen-bond donors (Lipinski definition) is 0. The molecular formula is C42H29B2NSi. The lowest BCUT2D eigenvalue weighted by Crippen LogP contribution is -2.80. The SMILES string of the molecule is c1ccc(B2c3cccc4c3N3c5c2cccc5[Si](c2ccccc2)(c2ccccc2)c2cccc(c23)B4c2ccccc2)cc1. The van der Waals surface area contributed by atoms with Crippen LogP contribution in [0.5, 0.6) is 0 Å². The highest BCUT2D eigenvalue weighted by Crippen LogP contribution is 2.40. The zero-order valence-electron chi connectivity index (χ0n) is 25.3. The second kappa shape index (κ2) is 9.84. The first kappa shape index (κ1) is 26.0. The first-order valence-corrected chi connectivity index (χ1v) is 18.3. The van der Waals surface area contributed by atoms with E-state index in [1.807, 2.05) is 0 Å². The number of nitrogens with zero attached hydrogens (tertiary/aromatic N) is 1. The first-order chi connectivity index (χ1) is 22.9. The Morgan fingerprint density at radius 1 is 0.326 bits per heavy atom. The molecule has 0 saturated heterocycles. The molecule has 46 heavy (non-hydrogen) atoms. The quantitative estimate of drug-likeness (QED) is 0.282. The number of para-hydroxylation sites is 3. The molecule has 3 heterocycles. The van der Waals surface area contributed by atoms with Crippen molar-refractivity contribution in [3.63, 3.8) is 0 Å². The van der Waals surface area contributed by atoms with E-state index in [9.17, 15) is 0 Å². The van der Waals surface area contributed by atoms with Gasteiger partial charge in [-0.05, 0) is 42.6 Å². The molecule has 212 valence electrons. The van der Waals surface area contributed by atoms with Crippen LogP contribution in [0.25, 0.3) is 0 Å². The van der Waals surface area contributed by atoms with E-state index in [4.69, 9.17) is 0 Å². The van der Waals surface area contributed by atoms with Crippen molar-refractivity contribution in [2.75, 3.05) is 4.90 Å². The number of benzene rings is 7. The van der Waals surface area contributed by atoms with Crippen LogP contribution in [0.2, 0.25) is 0 Å². The number of hydrogen-bond acceptors (Lipinski definition) is 1. The molecule has 0 fully saturated rings. The third-order valence-corrected chi connectivity index (χ3v) is 15.5. The smallest absolute Gasteiger partial charge is 0.246 e. The third-order valence-electron chi connectivity index (χ3n) is 10.6. The maximum Gasteiger partial charge on any atom is 0.246 e. The molecule has 0 spiro atoms. The van der Waals surface area contributed by atoms with Gasteiger partial charge in [-0.1, -0.05) is 187 Å². The highest BCUT2D eigenvalue weighted by atomic mass is 28.3. The highest BCUT2D eigenvalue weighted by molar-refractivity contribution is 7.22. The third kappa shape index (κ3) is 3.32. The van der Waals surface area contributed by atoms with Crippen molar-refractivity contribution in [1.82, 2.24) is 0 Å². The lowest BCUT2D eigenvalue weighted by Gasteiger charge is -2.52. The normalized spacial score (nSPS) is 14.6. The van der Waals surface area contributed by atoms with Crippen molar-refractivity contribution in [2.45, 2.75) is 0 Å². The number of anilines is 3. The second-order valence-corrected chi connectivity index (χ2v) is 16.5. The molecule has 0 radical (unpaired) electrons. The Kier molecular flexibility index (Phi) is 5.55. The summed E-state index contributed by atoms with van der Waals surface area (Å²) in [4.78, 5) is 2.69. The maximum atomic E-state index is 2.69. The molecule has 4 heteroatoms. The van der Waals surface area contributed by atoms with Crippen molar-refractivity contribution >= 4 is 92.1 Å². The fourth-order valence-corrected chi connectivity index (χ4v) is 14.2. The van der Waals surface area contributed by atoms with Gasteiger partial charge in [0.15, 0.2) is 8.07 Å². The Bertz CT molecular complexity index is 2110. The van der Waals surface area contributed by atoms with Gasteiger partial charge in [0.2, 0.25) is 13.4 Å². The molecule has 0 unspecified atom stereocenters. The molecule has 3 aliphatic rings. The van der Waals surface area contributed by atoms with Gasteiger partial charge >= 0.3 is 0 Å². The van der Waals surface area contributed by atoms with E-state index >= 15 is 0 Å². The molecule has 0 aliphatic carbocycles. The monoisotopic (exact) mass is 597 g/mol. The van der Waals surface area contributed by atoms with Gasteiger partial charge in [0.05, 0.1) is 0 Å². The zero-order chi connectivity index (χ0) is 30.2. The van der Waals surface area contributed by atoms with E-state index in [1.54, 1.807) is 0 Å². The Morgan fingerprint density at radius 2 is 0.674 bits per heavy atom. The summed E-state index contributed by atoms with van der Waals surface area (Å²) in [5, 5.41) is 5.82. The van der Waals surface area contributed by atoms with Gasteiger partial charge in [0.25, 0.3) is 0 Å². The van der Waals surface area contributed by atoms with E-state index in [1.165, 1.54) is 70.6 Å². The fraction of sp³-hybridized carbons (Fsp3) is 0. The molecule has 0 saturated carbocycles. The predicted octanol–water partition coefficient (Wildman–Crippen LogP) is 2.51. The maximum absolute atomic E-state index is 2.76. The van der Waals surface area contributed by atoms with Crippen LogP contribution in [0, 0.1) is 0 Å². The summed E-state index contributed by atoms with van der Waals surface area (Å²) in [6.45, 7) is 0.285. The van der Waals surface area contributed by atoms with Crippen LogP contribution in [-0.2, 0) is 0 Å². The molecule has 0 bridgehead atoms. The minimum absolute atomic E-state index is 0.142. The molecule has 0 N–H and O–H groups in total. The topological polar surface area (TPSA) is 3.24 Å². The van der Waals surface area contributed by atoms with E-state index < -0.39 is 8.07 Å². The summed E-state index contributed by atoms with van der Waals surface area (Å²) in [6.07, 6.45) is 0. The van der Waals surface area contributed by atoms with Crippen molar-refractivity contribution in [1.29, 1.82) is 0 Å². The average molecular weight is 597 g/mol. The molecule has 10 rings (SSSR count). The summed E-state index contributed by atoms with van der Waals surface area (Å²) in [7, 11) is -2.76. The van der Waals surface area contributed by atoms with Gasteiger partial charge < -0.3 is 4.90 Å². The van der Waals surface area contributed by atoms with Gasteiger partial charge in [-0.25, -0.2) is 0 Å². The summed E-state index contributed by atoms with van der Waals surface area (Å²) < 4.78 is 0. The Morgan fingerprint density at radius 3 is 1.09 bits per heavy atom. The minimum atomic E-state index is -2.76. The summed E-state index contributed by atoms with van der Waals surface area (Å²) in [5.74, 6) is 0. The summed E-state index contributed by atoms with van der Waals surface area (Å²) >= 11 is 0. The van der Waals surface area contributed by atoms with Crippen LogP contribution in [0.3, 0.4) is 0 Å². The lowest BCUT2D eigenvalue weighted by atomic mass is 9.30. The molecule has 1 nitrogen and oxygen atoms in total. The molecule has 3 aliphatic heterocycles. The van der Waals surface area contributed by atoms with Crippen LogP contribution in [-0.4, -0.2) is 21.5 Å². The molecule has 0 amide bonds. The molecule has 0 atom stereocenters. The van der Waals surface area contributed by atoms with Crippen LogP contribution < -0.4 is 58.4 Å². The lowest BCUT2D eigenvalue weighted by molar-refractivity contribution is 1.31. The number of rotatable bonds is 4. The second-order valence-electron chi connectivity index (χ2n) is 12.8. The zero-order valence-corrected chi connectivity index (χ0v) is 26.3. The Labute approximate surface area is 272 Å². The van der Waals surface area contributed by atoms with E-state index in [0.29, 0.717) is 0 Å². The van der Waals surface area contributed by atoms with E-state index in [-0.39, 0.29) is 13.4 Å². The minimum Gasteiger partial charge on any atom is -0.313 e. The van der Waals surface area contributed by atoms with Crippen LogP contribution in [0.4, 0.5) is 17.1 Å². The molecular weight excluding hydrogens is 568 g/mol. The molecule has 7 aromatic rings. The van der Waals surface area contributed by atoms with Gasteiger partial charge in [0, 0.05) is 17.1 Å². The largest absolute Gasteiger partial charge is 0.313 e. The van der Waals surface area contributed by atoms with Crippen LogP contribution in [0.15, 0.2) is 176 Å². The van der Waals surface area contributed by atoms with Gasteiger partial charge in [-0.15, -0.1) is 0 Å². The van der Waals surface area contributed by atoms with Crippen LogP contribution in [0.1, 0.15) is 0 Å². The highest BCUT2D eigenvalue weighted by Gasteiger charge is 2.55. The van der Waals surface area contributed by atoms with Crippen LogP contribution >= 0.6 is 0 Å². The molecule has 7 aromatic carbocycles. The van der Waals surface area contributed by atoms with Gasteiger partial charge in [-0.2, -0.15) is 0 Å². The Balaban J connectivity index is 1.43. The van der Waals surface area contributed by atoms with Crippen molar-refractivity contribution in [3.05, 3.63) is 176 Å². The fourth-order valence-electron chi connectivity index (χ4n) is 8.99. The standard InChI is InChI=1S/C42H29B2NSi/c1-5-16-30(17-6-1)43-34-24-13-25-35-40(34)45-41-36(43)26-14-28-38(41)46(32-20-9-3-10-21-32,33-22-11-4-12-23-33)39-29-15-27-37(42(39)45)44(35)31-18-7-2-8-19-31/h1-29H. The first-order valence-electron chi connectivity index (χ1n) is 16.3. The van der Waals surface area contributed by atoms with Crippen molar-refractivity contribution in [2.24, 2.45) is 0 Å². The van der Waals surface area contributed by atoms with Crippen molar-refractivity contribution < 1.29 is 0 Å². The van der Waals surface area contributed by atoms with Gasteiger partial charge in [0.1, 0.15) is 0 Å².